The van der Waals surface area contributed by atoms with Gasteiger partial charge in [0.15, 0.2) is 11.4 Å². The molecule has 160 valence electrons. The highest BCUT2D eigenvalue weighted by Gasteiger charge is 2.20. The number of aromatic nitrogens is 1. The summed E-state index contributed by atoms with van der Waals surface area (Å²) in [6.45, 7) is 3.86. The topological polar surface area (TPSA) is 95.5 Å². The lowest BCUT2D eigenvalue weighted by Gasteiger charge is -2.10. The summed E-state index contributed by atoms with van der Waals surface area (Å²) in [5, 5.41) is 10.9. The third-order valence-electron chi connectivity index (χ3n) is 4.67. The Morgan fingerprint density at radius 1 is 1.03 bits per heavy atom. The maximum Gasteiger partial charge on any atom is 0.269 e. The Kier molecular flexibility index (Phi) is 5.81. The molecule has 1 aromatic heterocycles. The van der Waals surface area contributed by atoms with Crippen LogP contribution in [0, 0.1) is 10.1 Å². The van der Waals surface area contributed by atoms with Crippen molar-refractivity contribution in [3.05, 3.63) is 99.9 Å². The number of nitrogens with zero attached hydrogens (tertiary/aromatic N) is 2. The number of carbonyl (C=O) groups excluding carboxylic acids is 1. The van der Waals surface area contributed by atoms with Crippen molar-refractivity contribution < 1.29 is 18.9 Å². The molecular weight excluding hydrogens is 408 g/mol. The maximum atomic E-state index is 13.4. The number of nitro benzene ring substituents is 1. The van der Waals surface area contributed by atoms with E-state index < -0.39 is 4.92 Å². The second-order valence-corrected chi connectivity index (χ2v) is 7.41. The fourth-order valence-corrected chi connectivity index (χ4v) is 3.18. The van der Waals surface area contributed by atoms with Crippen LogP contribution in [0.5, 0.6) is 5.75 Å². The zero-order chi connectivity index (χ0) is 22.7. The van der Waals surface area contributed by atoms with Crippen molar-refractivity contribution in [1.29, 1.82) is 0 Å². The smallest absolute Gasteiger partial charge is 0.269 e. The van der Waals surface area contributed by atoms with E-state index in [0.717, 1.165) is 0 Å². The van der Waals surface area contributed by atoms with Gasteiger partial charge in [-0.3, -0.25) is 14.9 Å². The molecule has 32 heavy (non-hydrogen) atoms. The van der Waals surface area contributed by atoms with Gasteiger partial charge in [-0.2, -0.15) is 0 Å². The zero-order valence-electron chi connectivity index (χ0n) is 17.5. The molecule has 1 heterocycles. The molecule has 0 aliphatic carbocycles. The molecule has 0 saturated carbocycles. The van der Waals surface area contributed by atoms with E-state index >= 15 is 0 Å². The van der Waals surface area contributed by atoms with E-state index in [1.807, 2.05) is 26.0 Å². The number of Topliss-reactive ketones (excluding diaryl/α,β-unsaturated/α-hetero) is 1. The minimum absolute atomic E-state index is 0.0221. The lowest BCUT2D eigenvalue weighted by atomic mass is 10.0. The molecule has 7 nitrogen and oxygen atoms in total. The molecule has 7 heteroatoms. The summed E-state index contributed by atoms with van der Waals surface area (Å²) in [5.41, 5.74) is 2.46. The van der Waals surface area contributed by atoms with Crippen molar-refractivity contribution in [1.82, 2.24) is 4.98 Å². The van der Waals surface area contributed by atoms with Crippen LogP contribution in [-0.4, -0.2) is 21.8 Å². The lowest BCUT2D eigenvalue weighted by molar-refractivity contribution is -0.384. The van der Waals surface area contributed by atoms with Crippen LogP contribution in [-0.2, 0) is 0 Å². The van der Waals surface area contributed by atoms with E-state index in [0.29, 0.717) is 28.0 Å². The van der Waals surface area contributed by atoms with Crippen molar-refractivity contribution >= 4 is 34.2 Å². The van der Waals surface area contributed by atoms with Crippen LogP contribution in [0.3, 0.4) is 0 Å². The number of ether oxygens (including phenoxy) is 1. The molecule has 0 aliphatic heterocycles. The largest absolute Gasteiger partial charge is 0.491 e. The number of oxazole rings is 1. The van der Waals surface area contributed by atoms with E-state index in [9.17, 15) is 14.9 Å². The second kappa shape index (κ2) is 8.85. The van der Waals surface area contributed by atoms with Crippen LogP contribution in [0.25, 0.3) is 22.7 Å². The molecule has 0 radical (unpaired) electrons. The average Bonchev–Trinajstić information content (AvgIpc) is 3.21. The van der Waals surface area contributed by atoms with Crippen LogP contribution in [0.2, 0.25) is 0 Å². The summed E-state index contributed by atoms with van der Waals surface area (Å²) in [6.07, 6.45) is 1.64. The van der Waals surface area contributed by atoms with Gasteiger partial charge in [0.1, 0.15) is 11.3 Å². The van der Waals surface area contributed by atoms with Crippen molar-refractivity contribution in [3.8, 4) is 5.75 Å². The van der Waals surface area contributed by atoms with Crippen LogP contribution in [0.15, 0.2) is 77.2 Å². The first kappa shape index (κ1) is 21.0. The Labute approximate surface area is 184 Å². The summed E-state index contributed by atoms with van der Waals surface area (Å²) in [4.78, 5) is 28.4. The van der Waals surface area contributed by atoms with Gasteiger partial charge in [-0.05, 0) is 74.0 Å². The van der Waals surface area contributed by atoms with Crippen molar-refractivity contribution in [2.75, 3.05) is 0 Å². The molecule has 4 aromatic rings. The molecule has 0 spiro atoms. The van der Waals surface area contributed by atoms with E-state index in [1.54, 1.807) is 54.6 Å². The van der Waals surface area contributed by atoms with Crippen LogP contribution < -0.4 is 4.74 Å². The molecule has 0 aliphatic rings. The van der Waals surface area contributed by atoms with Crippen molar-refractivity contribution in [3.63, 3.8) is 0 Å². The molecule has 0 N–H and O–H groups in total. The van der Waals surface area contributed by atoms with Gasteiger partial charge in [0.25, 0.3) is 5.69 Å². The molecule has 0 atom stereocenters. The number of benzene rings is 3. The van der Waals surface area contributed by atoms with Crippen LogP contribution in [0.1, 0.15) is 35.7 Å². The summed E-state index contributed by atoms with van der Waals surface area (Å²) >= 11 is 0. The first-order chi connectivity index (χ1) is 15.4. The Morgan fingerprint density at radius 2 is 1.72 bits per heavy atom. The molecule has 4 rings (SSSR count). The Morgan fingerprint density at radius 3 is 2.34 bits per heavy atom. The first-order valence-corrected chi connectivity index (χ1v) is 10.0. The van der Waals surface area contributed by atoms with Crippen LogP contribution in [0.4, 0.5) is 5.69 Å². The Balaban J connectivity index is 1.76. The predicted octanol–water partition coefficient (Wildman–Crippen LogP) is 5.95. The highest BCUT2D eigenvalue weighted by molar-refractivity contribution is 6.31. The molecule has 0 saturated heterocycles. The van der Waals surface area contributed by atoms with Gasteiger partial charge in [-0.1, -0.05) is 12.1 Å². The maximum absolute atomic E-state index is 13.4. The van der Waals surface area contributed by atoms with E-state index in [4.69, 9.17) is 9.15 Å². The predicted molar refractivity (Wildman–Crippen MR) is 122 cm³/mol. The average molecular weight is 428 g/mol. The monoisotopic (exact) mass is 428 g/mol. The SMILES string of the molecule is CC(C)Oc1ccc(C(=O)/C(=C/c2ccc([N+](=O)[O-])cc2)c2nc3ccccc3o2)cc1. The van der Waals surface area contributed by atoms with Crippen molar-refractivity contribution in [2.24, 2.45) is 0 Å². The standard InChI is InChI=1S/C25H20N2O5/c1-16(2)31-20-13-9-18(10-14-20)24(28)21(15-17-7-11-19(12-8-17)27(29)30)25-26-22-5-3-4-6-23(22)32-25/h3-16H,1-2H3/b21-15-. The van der Waals surface area contributed by atoms with Gasteiger partial charge < -0.3 is 9.15 Å². The number of fused-ring (bicyclic) bond motifs is 1. The lowest BCUT2D eigenvalue weighted by Crippen LogP contribution is -2.06. The number of nitro groups is 1. The second-order valence-electron chi connectivity index (χ2n) is 7.41. The molecule has 0 unspecified atom stereocenters. The Bertz CT molecular complexity index is 1270. The first-order valence-electron chi connectivity index (χ1n) is 10.0. The van der Waals surface area contributed by atoms with Crippen LogP contribution >= 0.6 is 0 Å². The van der Waals surface area contributed by atoms with E-state index in [-0.39, 0.29) is 29.0 Å². The third kappa shape index (κ3) is 4.57. The zero-order valence-corrected chi connectivity index (χ0v) is 17.5. The normalized spacial score (nSPS) is 11.7. The summed E-state index contributed by atoms with van der Waals surface area (Å²) < 4.78 is 11.5. The molecule has 3 aromatic carbocycles. The van der Waals surface area contributed by atoms with Gasteiger partial charge in [-0.25, -0.2) is 4.98 Å². The highest BCUT2D eigenvalue weighted by atomic mass is 16.6. The number of carbonyl (C=O) groups is 1. The Hall–Kier alpha value is -4.26. The van der Waals surface area contributed by atoms with E-state index in [2.05, 4.69) is 4.98 Å². The van der Waals surface area contributed by atoms with Gasteiger partial charge in [0.2, 0.25) is 5.89 Å². The number of non-ortho nitro benzene ring substituents is 1. The van der Waals surface area contributed by atoms with Gasteiger partial charge in [0, 0.05) is 17.7 Å². The van der Waals surface area contributed by atoms with Gasteiger partial charge >= 0.3 is 0 Å². The fraction of sp³-hybridized carbons (Fsp3) is 0.120. The van der Waals surface area contributed by atoms with Gasteiger partial charge in [-0.15, -0.1) is 0 Å². The number of hydrogen-bond acceptors (Lipinski definition) is 6. The number of rotatable bonds is 7. The summed E-state index contributed by atoms with van der Waals surface area (Å²) in [5.74, 6) is 0.558. The quantitative estimate of drug-likeness (QED) is 0.156. The van der Waals surface area contributed by atoms with Crippen molar-refractivity contribution in [2.45, 2.75) is 20.0 Å². The molecule has 0 amide bonds. The van der Waals surface area contributed by atoms with E-state index in [1.165, 1.54) is 12.1 Å². The number of ketones is 1. The number of allylic oxidation sites excluding steroid dienone is 1. The number of hydrogen-bond donors (Lipinski definition) is 0. The summed E-state index contributed by atoms with van der Waals surface area (Å²) in [7, 11) is 0. The minimum Gasteiger partial charge on any atom is -0.491 e. The number of para-hydroxylation sites is 2. The molecule has 0 fully saturated rings. The fourth-order valence-electron chi connectivity index (χ4n) is 3.18. The molecular formula is C25H20N2O5. The highest BCUT2D eigenvalue weighted by Crippen LogP contribution is 2.27. The van der Waals surface area contributed by atoms with Gasteiger partial charge in [0.05, 0.1) is 16.6 Å². The minimum atomic E-state index is -0.471. The summed E-state index contributed by atoms with van der Waals surface area (Å²) in [6, 6.07) is 20.0. The third-order valence-corrected chi connectivity index (χ3v) is 4.67. The molecule has 0 bridgehead atoms.